The first-order chi connectivity index (χ1) is 30.8. The van der Waals surface area contributed by atoms with E-state index in [0.717, 1.165) is 99.0 Å². The van der Waals surface area contributed by atoms with Gasteiger partial charge in [0.25, 0.3) is 0 Å². The molecule has 0 atom stereocenters. The SMILES string of the molecule is c1ccc(-n2c3ccccc3c3c2c2oc4ccccc4c2c2c4ccccc4n(-c4nc(-c5cccc(-c6ccc7sc8ccccc8c7c6)c5)c5ccccc5n4)c23)cc1. The number of thiophene rings is 1. The Balaban J connectivity index is 1.10. The highest BCUT2D eigenvalue weighted by Crippen LogP contribution is 2.49. The number of hydrogen-bond acceptors (Lipinski definition) is 4. The van der Waals surface area contributed by atoms with E-state index in [2.05, 4.69) is 203 Å². The smallest absolute Gasteiger partial charge is 0.235 e. The quantitative estimate of drug-likeness (QED) is 0.178. The van der Waals surface area contributed by atoms with Crippen LogP contribution in [0, 0.1) is 0 Å². The standard InChI is InChI=1S/C56H32N4OS/c1-2-17-36(18-3-1)59-44-25-10-6-22-40(44)51-53-49(50-41-23-7-12-27-46(41)61-55(50)54(51)59)39-21-5-11-26-45(39)60(53)56-57-43-24-9-4-20-38(43)52(58-56)35-16-14-15-33(31-35)34-29-30-48-42(32-34)37-19-8-13-28-47(37)62-48/h1-32H. The molecule has 5 aromatic heterocycles. The largest absolute Gasteiger partial charge is 0.454 e. The summed E-state index contributed by atoms with van der Waals surface area (Å²) in [5.41, 5.74) is 12.1. The van der Waals surface area contributed by atoms with Crippen molar-refractivity contribution < 1.29 is 4.42 Å². The fourth-order valence-electron chi connectivity index (χ4n) is 10.1. The van der Waals surface area contributed by atoms with Crippen LogP contribution in [-0.4, -0.2) is 19.1 Å². The first kappa shape index (κ1) is 33.7. The van der Waals surface area contributed by atoms with E-state index in [1.807, 2.05) is 11.3 Å². The molecule has 0 aliphatic rings. The van der Waals surface area contributed by atoms with Crippen LogP contribution in [0.2, 0.25) is 0 Å². The summed E-state index contributed by atoms with van der Waals surface area (Å²) in [4.78, 5) is 11.1. The molecule has 62 heavy (non-hydrogen) atoms. The summed E-state index contributed by atoms with van der Waals surface area (Å²) in [6, 6.07) is 69.2. The Morgan fingerprint density at radius 3 is 1.90 bits per heavy atom. The fraction of sp³-hybridized carbons (Fsp3) is 0. The summed E-state index contributed by atoms with van der Waals surface area (Å²) in [6.07, 6.45) is 0. The van der Waals surface area contributed by atoms with Crippen molar-refractivity contribution in [2.45, 2.75) is 0 Å². The molecule has 0 saturated heterocycles. The van der Waals surface area contributed by atoms with Gasteiger partial charge in [-0.05, 0) is 71.8 Å². The number of furan rings is 1. The predicted molar refractivity (Wildman–Crippen MR) is 259 cm³/mol. The van der Waals surface area contributed by atoms with Gasteiger partial charge in [-0.1, -0.05) is 133 Å². The molecule has 5 nitrogen and oxygen atoms in total. The second kappa shape index (κ2) is 12.7. The minimum absolute atomic E-state index is 0.617. The predicted octanol–water partition coefficient (Wildman–Crippen LogP) is 15.4. The van der Waals surface area contributed by atoms with Crippen LogP contribution in [0.25, 0.3) is 131 Å². The maximum atomic E-state index is 6.99. The Labute approximate surface area is 358 Å². The minimum atomic E-state index is 0.617. The molecule has 5 heterocycles. The maximum absolute atomic E-state index is 6.99. The highest BCUT2D eigenvalue weighted by atomic mass is 32.1. The van der Waals surface area contributed by atoms with E-state index in [-0.39, 0.29) is 0 Å². The number of aromatic nitrogens is 4. The van der Waals surface area contributed by atoms with Gasteiger partial charge in [-0.3, -0.25) is 4.57 Å². The fourth-order valence-corrected chi connectivity index (χ4v) is 11.2. The van der Waals surface area contributed by atoms with E-state index in [9.17, 15) is 0 Å². The molecule has 288 valence electrons. The maximum Gasteiger partial charge on any atom is 0.235 e. The number of benzene rings is 9. The van der Waals surface area contributed by atoms with Gasteiger partial charge in [-0.25, -0.2) is 9.97 Å². The molecule has 0 spiro atoms. The van der Waals surface area contributed by atoms with Gasteiger partial charge in [0.05, 0.1) is 33.3 Å². The first-order valence-electron chi connectivity index (χ1n) is 20.9. The Hall–Kier alpha value is -8.06. The van der Waals surface area contributed by atoms with Gasteiger partial charge in [0.15, 0.2) is 5.58 Å². The van der Waals surface area contributed by atoms with Crippen LogP contribution in [0.15, 0.2) is 199 Å². The summed E-state index contributed by atoms with van der Waals surface area (Å²) < 4.78 is 14.3. The molecule has 0 saturated carbocycles. The van der Waals surface area contributed by atoms with Gasteiger partial charge in [-0.2, -0.15) is 0 Å². The molecule has 0 aliphatic carbocycles. The molecule has 0 unspecified atom stereocenters. The lowest BCUT2D eigenvalue weighted by molar-refractivity contribution is 0.671. The third-order valence-corrected chi connectivity index (χ3v) is 13.9. The number of fused-ring (bicyclic) bond motifs is 16. The minimum Gasteiger partial charge on any atom is -0.454 e. The Bertz CT molecular complexity index is 4170. The third-order valence-electron chi connectivity index (χ3n) is 12.7. The lowest BCUT2D eigenvalue weighted by Crippen LogP contribution is -2.04. The van der Waals surface area contributed by atoms with Gasteiger partial charge in [0.2, 0.25) is 5.95 Å². The number of hydrogen-bond donors (Lipinski definition) is 0. The molecule has 0 bridgehead atoms. The summed E-state index contributed by atoms with van der Waals surface area (Å²) in [5, 5.41) is 10.2. The third kappa shape index (κ3) is 4.67. The lowest BCUT2D eigenvalue weighted by atomic mass is 9.98. The van der Waals surface area contributed by atoms with E-state index in [0.29, 0.717) is 5.95 Å². The first-order valence-corrected chi connectivity index (χ1v) is 21.7. The van der Waals surface area contributed by atoms with Crippen molar-refractivity contribution in [3.05, 3.63) is 194 Å². The average Bonchev–Trinajstić information content (AvgIpc) is 4.09. The molecular weight excluding hydrogens is 777 g/mol. The highest BCUT2D eigenvalue weighted by Gasteiger charge is 2.28. The summed E-state index contributed by atoms with van der Waals surface area (Å²) >= 11 is 1.85. The van der Waals surface area contributed by atoms with Crippen LogP contribution in [-0.2, 0) is 0 Å². The monoisotopic (exact) mass is 808 g/mol. The molecule has 0 N–H and O–H groups in total. The second-order valence-corrected chi connectivity index (χ2v) is 17.2. The molecule has 6 heteroatoms. The van der Waals surface area contributed by atoms with Crippen molar-refractivity contribution in [2.24, 2.45) is 0 Å². The van der Waals surface area contributed by atoms with Crippen molar-refractivity contribution in [1.29, 1.82) is 0 Å². The highest BCUT2D eigenvalue weighted by molar-refractivity contribution is 7.25. The van der Waals surface area contributed by atoms with Crippen LogP contribution in [0.5, 0.6) is 0 Å². The topological polar surface area (TPSA) is 48.8 Å². The summed E-state index contributed by atoms with van der Waals surface area (Å²) in [6.45, 7) is 0. The van der Waals surface area contributed by atoms with Crippen molar-refractivity contribution in [1.82, 2.24) is 19.1 Å². The summed E-state index contributed by atoms with van der Waals surface area (Å²) in [7, 11) is 0. The van der Waals surface area contributed by atoms with Crippen LogP contribution >= 0.6 is 11.3 Å². The van der Waals surface area contributed by atoms with Crippen LogP contribution in [0.1, 0.15) is 0 Å². The Morgan fingerprint density at radius 1 is 0.403 bits per heavy atom. The van der Waals surface area contributed by atoms with E-state index < -0.39 is 0 Å². The van der Waals surface area contributed by atoms with Gasteiger partial charge in [-0.15, -0.1) is 11.3 Å². The number of nitrogens with zero attached hydrogens (tertiary/aromatic N) is 4. The van der Waals surface area contributed by atoms with E-state index in [1.165, 1.54) is 25.7 Å². The number of rotatable bonds is 4. The molecule has 14 aromatic rings. The average molecular weight is 809 g/mol. The zero-order valence-corrected chi connectivity index (χ0v) is 33.9. The molecular formula is C56H32N4OS. The van der Waals surface area contributed by atoms with Crippen LogP contribution < -0.4 is 0 Å². The second-order valence-electron chi connectivity index (χ2n) is 16.1. The van der Waals surface area contributed by atoms with Crippen molar-refractivity contribution in [2.75, 3.05) is 0 Å². The van der Waals surface area contributed by atoms with E-state index in [1.54, 1.807) is 0 Å². The van der Waals surface area contributed by atoms with Gasteiger partial charge in [0, 0.05) is 69.1 Å². The van der Waals surface area contributed by atoms with Crippen molar-refractivity contribution >= 4 is 108 Å². The lowest BCUT2D eigenvalue weighted by Gasteiger charge is -2.13. The molecule has 14 rings (SSSR count). The molecule has 0 radical (unpaired) electrons. The number of para-hydroxylation sites is 5. The Morgan fingerprint density at radius 2 is 1.05 bits per heavy atom. The van der Waals surface area contributed by atoms with Gasteiger partial charge >= 0.3 is 0 Å². The van der Waals surface area contributed by atoms with Crippen LogP contribution in [0.4, 0.5) is 0 Å². The molecule has 9 aromatic carbocycles. The van der Waals surface area contributed by atoms with E-state index in [4.69, 9.17) is 14.4 Å². The molecule has 0 aliphatic heterocycles. The van der Waals surface area contributed by atoms with Gasteiger partial charge < -0.3 is 8.98 Å². The zero-order valence-electron chi connectivity index (χ0n) is 33.1. The van der Waals surface area contributed by atoms with E-state index >= 15 is 0 Å². The Kier molecular flexibility index (Phi) is 6.92. The molecule has 0 amide bonds. The normalized spacial score (nSPS) is 12.2. The zero-order chi connectivity index (χ0) is 40.5. The van der Waals surface area contributed by atoms with Crippen molar-refractivity contribution in [3.63, 3.8) is 0 Å². The van der Waals surface area contributed by atoms with Crippen molar-refractivity contribution in [3.8, 4) is 34.0 Å². The molecule has 0 fully saturated rings. The van der Waals surface area contributed by atoms with Gasteiger partial charge in [0.1, 0.15) is 5.58 Å². The summed E-state index contributed by atoms with van der Waals surface area (Å²) in [5.74, 6) is 0.617. The van der Waals surface area contributed by atoms with Crippen LogP contribution in [0.3, 0.4) is 0 Å².